The number of nitrogens with zero attached hydrogens (tertiary/aromatic N) is 3. The summed E-state index contributed by atoms with van der Waals surface area (Å²) in [5, 5.41) is 36.5. The van der Waals surface area contributed by atoms with Gasteiger partial charge in [0.1, 0.15) is 42.6 Å². The number of ether oxygens (including phenoxy) is 2. The van der Waals surface area contributed by atoms with E-state index in [-0.39, 0.29) is 37.7 Å². The summed E-state index contributed by atoms with van der Waals surface area (Å²) in [6, 6.07) is 13.9. The Hall–Kier alpha value is -2.65. The summed E-state index contributed by atoms with van der Waals surface area (Å²) in [5.41, 5.74) is 3.43. The smallest absolute Gasteiger partial charge is 0.122 e. The molecule has 2 aromatic carbocycles. The van der Waals surface area contributed by atoms with Gasteiger partial charge in [0.25, 0.3) is 0 Å². The zero-order chi connectivity index (χ0) is 24.7. The SMILES string of the molecule is Cc1cc(C(C)(C)c2ccc(OC[C@H](O)Cn3cc(CO)nn3)cc2)ccc1OC[C@@H](O)CCl. The van der Waals surface area contributed by atoms with E-state index < -0.39 is 12.2 Å². The molecule has 1 aromatic heterocycles. The van der Waals surface area contributed by atoms with Crippen molar-refractivity contribution in [3.8, 4) is 11.5 Å². The van der Waals surface area contributed by atoms with Gasteiger partial charge in [-0.2, -0.15) is 0 Å². The molecule has 1 heterocycles. The lowest BCUT2D eigenvalue weighted by Crippen LogP contribution is -2.24. The van der Waals surface area contributed by atoms with Crippen LogP contribution in [0.1, 0.15) is 36.2 Å². The third kappa shape index (κ3) is 6.70. The molecule has 184 valence electrons. The van der Waals surface area contributed by atoms with E-state index in [0.717, 1.165) is 22.4 Å². The quantitative estimate of drug-likeness (QED) is 0.335. The van der Waals surface area contributed by atoms with E-state index in [1.807, 2.05) is 43.3 Å². The molecule has 0 aliphatic carbocycles. The molecule has 0 saturated heterocycles. The lowest BCUT2D eigenvalue weighted by molar-refractivity contribution is 0.0888. The van der Waals surface area contributed by atoms with Crippen molar-refractivity contribution in [3.63, 3.8) is 0 Å². The Morgan fingerprint density at radius 1 is 1.00 bits per heavy atom. The second kappa shape index (κ2) is 11.7. The maximum atomic E-state index is 10.2. The van der Waals surface area contributed by atoms with Gasteiger partial charge in [-0.1, -0.05) is 43.3 Å². The summed E-state index contributed by atoms with van der Waals surface area (Å²) >= 11 is 5.63. The van der Waals surface area contributed by atoms with Crippen LogP contribution in [-0.4, -0.2) is 61.6 Å². The molecule has 0 bridgehead atoms. The lowest BCUT2D eigenvalue weighted by atomic mass is 9.77. The van der Waals surface area contributed by atoms with Crippen molar-refractivity contribution in [2.45, 2.75) is 51.5 Å². The van der Waals surface area contributed by atoms with Gasteiger partial charge in [-0.3, -0.25) is 0 Å². The van der Waals surface area contributed by atoms with Gasteiger partial charge in [-0.05, 0) is 41.8 Å². The highest BCUT2D eigenvalue weighted by Crippen LogP contribution is 2.34. The average Bonchev–Trinajstić information content (AvgIpc) is 3.29. The number of halogens is 1. The monoisotopic (exact) mass is 489 g/mol. The van der Waals surface area contributed by atoms with E-state index in [4.69, 9.17) is 26.2 Å². The molecular formula is C25H32ClN3O5. The normalized spacial score (nSPS) is 13.5. The zero-order valence-electron chi connectivity index (χ0n) is 19.7. The van der Waals surface area contributed by atoms with E-state index in [0.29, 0.717) is 11.4 Å². The minimum atomic E-state index is -0.765. The molecule has 0 spiro atoms. The van der Waals surface area contributed by atoms with Crippen molar-refractivity contribution >= 4 is 11.6 Å². The second-order valence-corrected chi connectivity index (χ2v) is 9.11. The first-order valence-corrected chi connectivity index (χ1v) is 11.7. The van der Waals surface area contributed by atoms with Crippen LogP contribution in [0.4, 0.5) is 0 Å². The lowest BCUT2D eigenvalue weighted by Gasteiger charge is -2.27. The van der Waals surface area contributed by atoms with E-state index in [9.17, 15) is 10.2 Å². The number of aryl methyl sites for hydroxylation is 1. The summed E-state index contributed by atoms with van der Waals surface area (Å²) in [6.45, 7) is 6.58. The van der Waals surface area contributed by atoms with E-state index >= 15 is 0 Å². The molecule has 3 rings (SSSR count). The fourth-order valence-corrected chi connectivity index (χ4v) is 3.62. The fourth-order valence-electron chi connectivity index (χ4n) is 3.53. The number of rotatable bonds is 12. The number of aromatic nitrogens is 3. The number of hydrogen-bond acceptors (Lipinski definition) is 7. The molecule has 34 heavy (non-hydrogen) atoms. The number of aliphatic hydroxyl groups is 3. The summed E-state index contributed by atoms with van der Waals surface area (Å²) in [6.07, 6.45) is 0.128. The maximum absolute atomic E-state index is 10.2. The summed E-state index contributed by atoms with van der Waals surface area (Å²) in [5.74, 6) is 1.52. The molecule has 0 aliphatic rings. The fraction of sp³-hybridized carbons (Fsp3) is 0.440. The Balaban J connectivity index is 1.59. The van der Waals surface area contributed by atoms with Crippen LogP contribution < -0.4 is 9.47 Å². The number of hydrogen-bond donors (Lipinski definition) is 3. The zero-order valence-corrected chi connectivity index (χ0v) is 20.4. The van der Waals surface area contributed by atoms with Gasteiger partial charge in [-0.25, -0.2) is 4.68 Å². The maximum Gasteiger partial charge on any atom is 0.122 e. The predicted molar refractivity (Wildman–Crippen MR) is 129 cm³/mol. The van der Waals surface area contributed by atoms with Crippen molar-refractivity contribution in [2.24, 2.45) is 0 Å². The van der Waals surface area contributed by atoms with Crippen molar-refractivity contribution in [1.29, 1.82) is 0 Å². The van der Waals surface area contributed by atoms with Gasteiger partial charge in [0.2, 0.25) is 0 Å². The summed E-state index contributed by atoms with van der Waals surface area (Å²) in [4.78, 5) is 0. The third-order valence-electron chi connectivity index (χ3n) is 5.67. The van der Waals surface area contributed by atoms with Crippen molar-refractivity contribution in [3.05, 3.63) is 71.0 Å². The van der Waals surface area contributed by atoms with Crippen LogP contribution in [0.3, 0.4) is 0 Å². The van der Waals surface area contributed by atoms with E-state index in [1.54, 1.807) is 6.20 Å². The first-order valence-electron chi connectivity index (χ1n) is 11.1. The third-order valence-corrected chi connectivity index (χ3v) is 6.03. The van der Waals surface area contributed by atoms with Crippen molar-refractivity contribution in [1.82, 2.24) is 15.0 Å². The molecule has 0 saturated carbocycles. The molecule has 9 heteroatoms. The molecule has 2 atom stereocenters. The van der Waals surface area contributed by atoms with Crippen LogP contribution >= 0.6 is 11.6 Å². The second-order valence-electron chi connectivity index (χ2n) is 8.80. The Labute approximate surface area is 204 Å². The topological polar surface area (TPSA) is 110 Å². The van der Waals surface area contributed by atoms with Gasteiger partial charge in [0, 0.05) is 5.41 Å². The first-order chi connectivity index (χ1) is 16.2. The Morgan fingerprint density at radius 2 is 1.68 bits per heavy atom. The molecule has 3 aromatic rings. The highest BCUT2D eigenvalue weighted by molar-refractivity contribution is 6.18. The molecule has 0 amide bonds. The summed E-state index contributed by atoms with van der Waals surface area (Å²) in [7, 11) is 0. The van der Waals surface area contributed by atoms with Gasteiger partial charge in [0.15, 0.2) is 0 Å². The van der Waals surface area contributed by atoms with Gasteiger partial charge < -0.3 is 24.8 Å². The Kier molecular flexibility index (Phi) is 8.90. The van der Waals surface area contributed by atoms with Gasteiger partial charge >= 0.3 is 0 Å². The number of alkyl halides is 1. The van der Waals surface area contributed by atoms with Crippen LogP contribution in [0.15, 0.2) is 48.7 Å². The van der Waals surface area contributed by atoms with E-state index in [1.165, 1.54) is 4.68 Å². The number of benzene rings is 2. The Bertz CT molecular complexity index is 1050. The van der Waals surface area contributed by atoms with Gasteiger partial charge in [-0.15, -0.1) is 16.7 Å². The first kappa shape index (κ1) is 26.0. The van der Waals surface area contributed by atoms with Crippen LogP contribution in [0, 0.1) is 6.92 Å². The minimum Gasteiger partial charge on any atom is -0.491 e. The van der Waals surface area contributed by atoms with Gasteiger partial charge in [0.05, 0.1) is 25.2 Å². The predicted octanol–water partition coefficient (Wildman–Crippen LogP) is 2.82. The van der Waals surface area contributed by atoms with Crippen molar-refractivity contribution < 1.29 is 24.8 Å². The van der Waals surface area contributed by atoms with Crippen LogP contribution in [-0.2, 0) is 18.6 Å². The molecule has 0 radical (unpaired) electrons. The highest BCUT2D eigenvalue weighted by atomic mass is 35.5. The van der Waals surface area contributed by atoms with Crippen LogP contribution in [0.5, 0.6) is 11.5 Å². The molecule has 0 fully saturated rings. The highest BCUT2D eigenvalue weighted by Gasteiger charge is 2.24. The van der Waals surface area contributed by atoms with Crippen molar-refractivity contribution in [2.75, 3.05) is 19.1 Å². The summed E-state index contributed by atoms with van der Waals surface area (Å²) < 4.78 is 12.9. The molecule has 3 N–H and O–H groups in total. The Morgan fingerprint density at radius 3 is 2.29 bits per heavy atom. The van der Waals surface area contributed by atoms with Crippen LogP contribution in [0.25, 0.3) is 0 Å². The molecule has 0 aliphatic heterocycles. The minimum absolute atomic E-state index is 0.107. The molecular weight excluding hydrogens is 458 g/mol. The molecule has 0 unspecified atom stereocenters. The number of aliphatic hydroxyl groups excluding tert-OH is 3. The average molecular weight is 490 g/mol. The van der Waals surface area contributed by atoms with E-state index in [2.05, 4.69) is 30.2 Å². The standard InChI is InChI=1S/C25H32ClN3O5/c1-17-10-19(6-9-24(17)34-15-21(31)11-26)25(2,3)18-4-7-23(8-5-18)33-16-22(32)13-29-12-20(14-30)27-28-29/h4-10,12,21-22,30-32H,11,13-16H2,1-3H3/t21-,22+/m0/s1. The molecule has 8 nitrogen and oxygen atoms in total. The largest absolute Gasteiger partial charge is 0.491 e. The van der Waals surface area contributed by atoms with Crippen LogP contribution in [0.2, 0.25) is 0 Å².